The topological polar surface area (TPSA) is 45.1 Å². The Kier molecular flexibility index (Phi) is 5.95. The molecule has 0 aliphatic heterocycles. The van der Waals surface area contributed by atoms with Gasteiger partial charge in [-0.1, -0.05) is 26.7 Å². The molecule has 1 unspecified atom stereocenters. The van der Waals surface area contributed by atoms with E-state index in [9.17, 15) is 5.11 Å². The van der Waals surface area contributed by atoms with Crippen LogP contribution in [0.15, 0.2) is 5.38 Å². The molecule has 1 heterocycles. The highest BCUT2D eigenvalue weighted by atomic mass is 32.1. The van der Waals surface area contributed by atoms with Crippen molar-refractivity contribution in [1.82, 2.24) is 10.3 Å². The van der Waals surface area contributed by atoms with Gasteiger partial charge in [0.1, 0.15) is 0 Å². The summed E-state index contributed by atoms with van der Waals surface area (Å²) in [5.41, 5.74) is 1.07. The van der Waals surface area contributed by atoms with Gasteiger partial charge in [0.15, 0.2) is 0 Å². The van der Waals surface area contributed by atoms with Gasteiger partial charge >= 0.3 is 0 Å². The summed E-state index contributed by atoms with van der Waals surface area (Å²) in [5, 5.41) is 16.3. The molecule has 4 heteroatoms. The van der Waals surface area contributed by atoms with Crippen LogP contribution in [0.1, 0.15) is 37.4 Å². The van der Waals surface area contributed by atoms with Gasteiger partial charge in [-0.15, -0.1) is 11.3 Å². The summed E-state index contributed by atoms with van der Waals surface area (Å²) in [7, 11) is 0. The van der Waals surface area contributed by atoms with E-state index in [1.165, 1.54) is 0 Å². The van der Waals surface area contributed by atoms with Crippen molar-refractivity contribution in [3.8, 4) is 0 Å². The molecular formula is C12H22N2OS. The first kappa shape index (κ1) is 13.6. The van der Waals surface area contributed by atoms with E-state index >= 15 is 0 Å². The van der Waals surface area contributed by atoms with Crippen LogP contribution in [-0.4, -0.2) is 22.7 Å². The van der Waals surface area contributed by atoms with Gasteiger partial charge in [0.2, 0.25) is 0 Å². The van der Waals surface area contributed by atoms with Crippen LogP contribution in [0.3, 0.4) is 0 Å². The molecule has 92 valence electrons. The summed E-state index contributed by atoms with van der Waals surface area (Å²) in [6.07, 6.45) is 1.83. The van der Waals surface area contributed by atoms with Gasteiger partial charge in [-0.05, 0) is 12.8 Å². The van der Waals surface area contributed by atoms with E-state index < -0.39 is 0 Å². The number of aromatic nitrogens is 1. The second-order valence-electron chi connectivity index (χ2n) is 4.13. The molecule has 2 N–H and O–H groups in total. The number of aliphatic hydroxyl groups excluding tert-OH is 1. The van der Waals surface area contributed by atoms with Gasteiger partial charge in [0, 0.05) is 18.5 Å². The van der Waals surface area contributed by atoms with Crippen LogP contribution in [0.25, 0.3) is 0 Å². The number of nitrogens with one attached hydrogen (secondary N) is 1. The summed E-state index contributed by atoms with van der Waals surface area (Å²) in [6, 6.07) is 0. The van der Waals surface area contributed by atoms with Gasteiger partial charge in [-0.3, -0.25) is 0 Å². The van der Waals surface area contributed by atoms with Crippen LogP contribution in [0, 0.1) is 12.8 Å². The number of aryl methyl sites for hydroxylation is 1. The molecule has 0 radical (unpaired) electrons. The molecule has 0 saturated heterocycles. The number of hydrogen-bond donors (Lipinski definition) is 2. The Morgan fingerprint density at radius 1 is 1.44 bits per heavy atom. The highest BCUT2D eigenvalue weighted by molar-refractivity contribution is 7.09. The van der Waals surface area contributed by atoms with Crippen molar-refractivity contribution in [3.05, 3.63) is 16.1 Å². The van der Waals surface area contributed by atoms with Crippen LogP contribution in [0.2, 0.25) is 0 Å². The Labute approximate surface area is 102 Å². The molecule has 1 atom stereocenters. The van der Waals surface area contributed by atoms with Crippen molar-refractivity contribution in [3.63, 3.8) is 0 Å². The van der Waals surface area contributed by atoms with Gasteiger partial charge < -0.3 is 10.4 Å². The molecule has 0 spiro atoms. The van der Waals surface area contributed by atoms with Crippen LogP contribution in [-0.2, 0) is 6.54 Å². The highest BCUT2D eigenvalue weighted by Gasteiger charge is 2.14. The second-order valence-corrected chi connectivity index (χ2v) is 5.19. The average molecular weight is 242 g/mol. The van der Waals surface area contributed by atoms with Crippen LogP contribution >= 0.6 is 11.3 Å². The standard InChI is InChI=1S/C12H22N2OS/c1-4-10(5-2)12(15)7-13-6-11-8-16-9(3)14-11/h8,10,12-13,15H,4-7H2,1-3H3. The largest absolute Gasteiger partial charge is 0.392 e. The first-order chi connectivity index (χ1) is 7.67. The lowest BCUT2D eigenvalue weighted by Gasteiger charge is -2.20. The Bertz CT molecular complexity index is 297. The molecule has 1 aromatic heterocycles. The third-order valence-corrected chi connectivity index (χ3v) is 3.74. The fourth-order valence-corrected chi connectivity index (χ4v) is 2.45. The molecule has 0 fully saturated rings. The molecule has 0 bridgehead atoms. The number of aliphatic hydroxyl groups is 1. The van der Waals surface area contributed by atoms with Crippen LogP contribution in [0.5, 0.6) is 0 Å². The fraction of sp³-hybridized carbons (Fsp3) is 0.750. The maximum Gasteiger partial charge on any atom is 0.0897 e. The molecule has 3 nitrogen and oxygen atoms in total. The zero-order chi connectivity index (χ0) is 12.0. The second kappa shape index (κ2) is 6.99. The number of nitrogens with zero attached hydrogens (tertiary/aromatic N) is 1. The first-order valence-electron chi connectivity index (χ1n) is 5.97. The van der Waals surface area contributed by atoms with Crippen molar-refractivity contribution >= 4 is 11.3 Å². The Hall–Kier alpha value is -0.450. The van der Waals surface area contributed by atoms with Crippen LogP contribution in [0.4, 0.5) is 0 Å². The van der Waals surface area contributed by atoms with Crippen molar-refractivity contribution in [2.75, 3.05) is 6.54 Å². The summed E-state index contributed by atoms with van der Waals surface area (Å²) in [4.78, 5) is 4.37. The number of hydrogen-bond acceptors (Lipinski definition) is 4. The lowest BCUT2D eigenvalue weighted by molar-refractivity contribution is 0.101. The van der Waals surface area contributed by atoms with Crippen molar-refractivity contribution in [1.29, 1.82) is 0 Å². The summed E-state index contributed by atoms with van der Waals surface area (Å²) < 4.78 is 0. The quantitative estimate of drug-likeness (QED) is 0.771. The number of thiazole rings is 1. The monoisotopic (exact) mass is 242 g/mol. The molecule has 16 heavy (non-hydrogen) atoms. The normalized spacial score (nSPS) is 13.3. The SMILES string of the molecule is CCC(CC)C(O)CNCc1csc(C)n1. The van der Waals surface area contributed by atoms with E-state index in [2.05, 4.69) is 29.5 Å². The third-order valence-electron chi connectivity index (χ3n) is 2.92. The van der Waals surface area contributed by atoms with Gasteiger partial charge in [-0.25, -0.2) is 4.98 Å². The maximum atomic E-state index is 9.91. The van der Waals surface area contributed by atoms with Crippen LogP contribution < -0.4 is 5.32 Å². The minimum absolute atomic E-state index is 0.241. The van der Waals surface area contributed by atoms with Crippen molar-refractivity contribution in [2.24, 2.45) is 5.92 Å². The van der Waals surface area contributed by atoms with Gasteiger partial charge in [-0.2, -0.15) is 0 Å². The highest BCUT2D eigenvalue weighted by Crippen LogP contribution is 2.12. The molecule has 0 amide bonds. The van der Waals surface area contributed by atoms with E-state index in [0.29, 0.717) is 12.5 Å². The lowest BCUT2D eigenvalue weighted by atomic mass is 9.96. The molecule has 1 rings (SSSR count). The Morgan fingerprint density at radius 3 is 2.62 bits per heavy atom. The Balaban J connectivity index is 2.24. The fourth-order valence-electron chi connectivity index (χ4n) is 1.84. The molecule has 0 saturated carbocycles. The van der Waals surface area contributed by atoms with E-state index in [4.69, 9.17) is 0 Å². The zero-order valence-corrected chi connectivity index (χ0v) is 11.2. The predicted molar refractivity (Wildman–Crippen MR) is 68.6 cm³/mol. The van der Waals surface area contributed by atoms with Gasteiger partial charge in [0.25, 0.3) is 0 Å². The Morgan fingerprint density at radius 2 is 2.12 bits per heavy atom. The summed E-state index contributed by atoms with van der Waals surface area (Å²) in [5.74, 6) is 0.407. The molecule has 0 aliphatic rings. The minimum Gasteiger partial charge on any atom is -0.392 e. The lowest BCUT2D eigenvalue weighted by Crippen LogP contribution is -2.32. The number of rotatable bonds is 7. The molecule has 0 aliphatic carbocycles. The third kappa shape index (κ3) is 4.20. The van der Waals surface area contributed by atoms with Crippen molar-refractivity contribution in [2.45, 2.75) is 46.3 Å². The first-order valence-corrected chi connectivity index (χ1v) is 6.85. The van der Waals surface area contributed by atoms with Crippen molar-refractivity contribution < 1.29 is 5.11 Å². The minimum atomic E-state index is -0.241. The van der Waals surface area contributed by atoms with E-state index in [1.54, 1.807) is 11.3 Å². The summed E-state index contributed by atoms with van der Waals surface area (Å²) in [6.45, 7) is 7.67. The molecular weight excluding hydrogens is 220 g/mol. The average Bonchev–Trinajstić information content (AvgIpc) is 2.66. The van der Waals surface area contributed by atoms with Gasteiger partial charge in [0.05, 0.1) is 16.8 Å². The van der Waals surface area contributed by atoms with E-state index in [1.807, 2.05) is 6.92 Å². The molecule has 0 aromatic carbocycles. The summed E-state index contributed by atoms with van der Waals surface area (Å²) >= 11 is 1.66. The predicted octanol–water partition coefficient (Wildman–Crippen LogP) is 2.34. The van der Waals surface area contributed by atoms with E-state index in [0.717, 1.165) is 30.1 Å². The zero-order valence-electron chi connectivity index (χ0n) is 10.4. The maximum absolute atomic E-state index is 9.91. The smallest absolute Gasteiger partial charge is 0.0897 e. The molecule has 1 aromatic rings. The van der Waals surface area contributed by atoms with E-state index in [-0.39, 0.29) is 6.10 Å².